The van der Waals surface area contributed by atoms with Gasteiger partial charge in [0.1, 0.15) is 0 Å². The van der Waals surface area contributed by atoms with Crippen molar-refractivity contribution in [3.63, 3.8) is 0 Å². The van der Waals surface area contributed by atoms with Gasteiger partial charge in [0.15, 0.2) is 5.60 Å². The van der Waals surface area contributed by atoms with Crippen LogP contribution < -0.4 is 5.32 Å². The first-order valence-corrected chi connectivity index (χ1v) is 4.91. The van der Waals surface area contributed by atoms with Crippen molar-refractivity contribution < 1.29 is 15.0 Å². The highest BCUT2D eigenvalue weighted by molar-refractivity contribution is 6.33. The largest absolute Gasteiger partial charge is 0.396 e. The zero-order chi connectivity index (χ0) is 11.1. The van der Waals surface area contributed by atoms with Gasteiger partial charge < -0.3 is 15.5 Å². The number of anilines is 1. The number of fused-ring (bicyclic) bond motifs is 1. The molecule has 0 fully saturated rings. The lowest BCUT2D eigenvalue weighted by atomic mass is 9.92. The average molecular weight is 228 g/mol. The number of aliphatic hydroxyl groups is 2. The van der Waals surface area contributed by atoms with Crippen molar-refractivity contribution in [2.45, 2.75) is 12.0 Å². The van der Waals surface area contributed by atoms with Gasteiger partial charge in [-0.15, -0.1) is 0 Å². The Labute approximate surface area is 91.5 Å². The fourth-order valence-electron chi connectivity index (χ4n) is 1.79. The third-order valence-electron chi connectivity index (χ3n) is 2.52. The van der Waals surface area contributed by atoms with E-state index in [4.69, 9.17) is 16.7 Å². The smallest absolute Gasteiger partial charge is 0.261 e. The van der Waals surface area contributed by atoms with E-state index in [1.165, 1.54) is 0 Å². The van der Waals surface area contributed by atoms with Gasteiger partial charge in [-0.3, -0.25) is 4.79 Å². The first kappa shape index (κ1) is 10.4. The summed E-state index contributed by atoms with van der Waals surface area (Å²) in [7, 11) is 0. The number of halogens is 1. The minimum absolute atomic E-state index is 0.0600. The number of carbonyl (C=O) groups is 1. The van der Waals surface area contributed by atoms with E-state index in [2.05, 4.69) is 5.32 Å². The maximum absolute atomic E-state index is 11.6. The topological polar surface area (TPSA) is 69.6 Å². The Morgan fingerprint density at radius 3 is 2.87 bits per heavy atom. The quantitative estimate of drug-likeness (QED) is 0.702. The summed E-state index contributed by atoms with van der Waals surface area (Å²) in [6.07, 6.45) is -0.0600. The molecule has 1 aliphatic rings. The normalized spacial score (nSPS) is 23.8. The molecule has 0 saturated heterocycles. The van der Waals surface area contributed by atoms with E-state index in [1.807, 2.05) is 0 Å². The Morgan fingerprint density at radius 1 is 1.47 bits per heavy atom. The number of hydrogen-bond donors (Lipinski definition) is 3. The number of benzene rings is 1. The Bertz CT molecular complexity index is 421. The van der Waals surface area contributed by atoms with Gasteiger partial charge in [-0.25, -0.2) is 0 Å². The lowest BCUT2D eigenvalue weighted by molar-refractivity contribution is -0.135. The van der Waals surface area contributed by atoms with Gasteiger partial charge in [-0.2, -0.15) is 0 Å². The Morgan fingerprint density at radius 2 is 2.20 bits per heavy atom. The van der Waals surface area contributed by atoms with Gasteiger partial charge >= 0.3 is 0 Å². The van der Waals surface area contributed by atoms with Gasteiger partial charge in [0, 0.05) is 29.3 Å². The Hall–Kier alpha value is -1.10. The monoisotopic (exact) mass is 227 g/mol. The summed E-state index contributed by atoms with van der Waals surface area (Å²) >= 11 is 5.92. The summed E-state index contributed by atoms with van der Waals surface area (Å²) in [4.78, 5) is 11.6. The zero-order valence-corrected chi connectivity index (χ0v) is 8.58. The molecule has 0 aromatic heterocycles. The van der Waals surface area contributed by atoms with Crippen LogP contribution in [0.1, 0.15) is 12.0 Å². The SMILES string of the molecule is O=C1Nc2cccc(Cl)c2[C@@]1(O)CCO. The second-order valence-corrected chi connectivity index (χ2v) is 3.86. The zero-order valence-electron chi connectivity index (χ0n) is 7.83. The first-order valence-electron chi connectivity index (χ1n) is 4.53. The molecule has 0 unspecified atom stereocenters. The summed E-state index contributed by atoms with van der Waals surface area (Å²) in [5.74, 6) is -0.542. The van der Waals surface area contributed by atoms with Gasteiger partial charge in [-0.1, -0.05) is 17.7 Å². The molecular weight excluding hydrogens is 218 g/mol. The molecule has 3 N–H and O–H groups in total. The Kier molecular flexibility index (Phi) is 2.42. The molecule has 0 spiro atoms. The molecule has 1 aromatic carbocycles. The van der Waals surface area contributed by atoms with Crippen LogP contribution in [0.5, 0.6) is 0 Å². The minimum atomic E-state index is -1.71. The second-order valence-electron chi connectivity index (χ2n) is 3.45. The summed E-state index contributed by atoms with van der Waals surface area (Å²) in [5, 5.41) is 21.8. The second kappa shape index (κ2) is 3.48. The molecule has 1 aromatic rings. The number of hydrogen-bond acceptors (Lipinski definition) is 3. The van der Waals surface area contributed by atoms with Crippen LogP contribution >= 0.6 is 11.6 Å². The lowest BCUT2D eigenvalue weighted by Gasteiger charge is -2.20. The van der Waals surface area contributed by atoms with Crippen LogP contribution in [0.3, 0.4) is 0 Å². The van der Waals surface area contributed by atoms with Crippen LogP contribution in [0.25, 0.3) is 0 Å². The highest BCUT2D eigenvalue weighted by Crippen LogP contribution is 2.42. The van der Waals surface area contributed by atoms with Crippen LogP contribution in [0.2, 0.25) is 5.02 Å². The molecule has 0 aliphatic carbocycles. The predicted molar refractivity (Wildman–Crippen MR) is 55.7 cm³/mol. The highest BCUT2D eigenvalue weighted by Gasteiger charge is 2.46. The number of carbonyl (C=O) groups excluding carboxylic acids is 1. The van der Waals surface area contributed by atoms with Crippen LogP contribution in [0, 0.1) is 0 Å². The number of nitrogens with one attached hydrogen (secondary N) is 1. The Balaban J connectivity index is 2.57. The summed E-state index contributed by atoms with van der Waals surface area (Å²) < 4.78 is 0. The number of amides is 1. The van der Waals surface area contributed by atoms with Crippen LogP contribution in [-0.2, 0) is 10.4 Å². The summed E-state index contributed by atoms with van der Waals surface area (Å²) in [5.41, 5.74) is -0.850. The van der Waals surface area contributed by atoms with Crippen LogP contribution in [0.4, 0.5) is 5.69 Å². The summed E-state index contributed by atoms with van der Waals surface area (Å²) in [6.45, 7) is -0.283. The molecule has 1 atom stereocenters. The van der Waals surface area contributed by atoms with Crippen molar-refractivity contribution in [3.8, 4) is 0 Å². The number of rotatable bonds is 2. The van der Waals surface area contributed by atoms with Gasteiger partial charge in [-0.05, 0) is 12.1 Å². The van der Waals surface area contributed by atoms with E-state index in [0.29, 0.717) is 16.3 Å². The molecule has 1 aliphatic heterocycles. The molecule has 1 heterocycles. The van der Waals surface area contributed by atoms with E-state index < -0.39 is 11.5 Å². The van der Waals surface area contributed by atoms with E-state index in [9.17, 15) is 9.90 Å². The minimum Gasteiger partial charge on any atom is -0.396 e. The van der Waals surface area contributed by atoms with Crippen molar-refractivity contribution >= 4 is 23.2 Å². The number of aliphatic hydroxyl groups excluding tert-OH is 1. The molecule has 80 valence electrons. The fourth-order valence-corrected chi connectivity index (χ4v) is 2.12. The van der Waals surface area contributed by atoms with Crippen molar-refractivity contribution in [3.05, 3.63) is 28.8 Å². The molecule has 2 rings (SSSR count). The van der Waals surface area contributed by atoms with Gasteiger partial charge in [0.05, 0.1) is 0 Å². The van der Waals surface area contributed by atoms with Crippen molar-refractivity contribution in [2.24, 2.45) is 0 Å². The van der Waals surface area contributed by atoms with Crippen molar-refractivity contribution in [1.82, 2.24) is 0 Å². The van der Waals surface area contributed by atoms with E-state index in [-0.39, 0.29) is 13.0 Å². The molecule has 1 amide bonds. The van der Waals surface area contributed by atoms with Crippen LogP contribution in [-0.4, -0.2) is 22.7 Å². The first-order chi connectivity index (χ1) is 7.09. The highest BCUT2D eigenvalue weighted by atomic mass is 35.5. The van der Waals surface area contributed by atoms with Gasteiger partial charge in [0.2, 0.25) is 0 Å². The molecule has 0 bridgehead atoms. The molecule has 15 heavy (non-hydrogen) atoms. The third-order valence-corrected chi connectivity index (χ3v) is 2.84. The summed E-state index contributed by atoms with van der Waals surface area (Å²) in [6, 6.07) is 4.95. The molecule has 5 heteroatoms. The van der Waals surface area contributed by atoms with E-state index in [1.54, 1.807) is 18.2 Å². The molecule has 4 nitrogen and oxygen atoms in total. The predicted octanol–water partition coefficient (Wildman–Crippen LogP) is 0.862. The standard InChI is InChI=1S/C10H10ClNO3/c11-6-2-1-3-7-8(6)10(15,4-5-13)9(14)12-7/h1-3,13,15H,4-5H2,(H,12,14)/t10-/m0/s1. The maximum atomic E-state index is 11.6. The third kappa shape index (κ3) is 1.42. The molecular formula is C10H10ClNO3. The van der Waals surface area contributed by atoms with Crippen molar-refractivity contribution in [2.75, 3.05) is 11.9 Å². The van der Waals surface area contributed by atoms with E-state index in [0.717, 1.165) is 0 Å². The lowest BCUT2D eigenvalue weighted by Crippen LogP contribution is -2.35. The average Bonchev–Trinajstić information content (AvgIpc) is 2.41. The van der Waals surface area contributed by atoms with Crippen molar-refractivity contribution in [1.29, 1.82) is 0 Å². The van der Waals surface area contributed by atoms with Crippen LogP contribution in [0.15, 0.2) is 18.2 Å². The molecule has 0 saturated carbocycles. The van der Waals surface area contributed by atoms with Gasteiger partial charge in [0.25, 0.3) is 5.91 Å². The maximum Gasteiger partial charge on any atom is 0.261 e. The fraction of sp³-hybridized carbons (Fsp3) is 0.300. The van der Waals surface area contributed by atoms with E-state index >= 15 is 0 Å². The molecule has 0 radical (unpaired) electrons.